The third kappa shape index (κ3) is 3.59. The Balaban J connectivity index is 2.28. The number of hydrazine groups is 1. The molecule has 1 heterocycles. The highest BCUT2D eigenvalue weighted by molar-refractivity contribution is 9.10. The summed E-state index contributed by atoms with van der Waals surface area (Å²) in [6.45, 7) is 5.78. The summed E-state index contributed by atoms with van der Waals surface area (Å²) >= 11 is 3.51. The maximum absolute atomic E-state index is 12.3. The first-order valence-corrected chi connectivity index (χ1v) is 7.23. The summed E-state index contributed by atoms with van der Waals surface area (Å²) in [4.78, 5) is 16.5. The van der Waals surface area contributed by atoms with Gasteiger partial charge in [-0.1, -0.05) is 15.9 Å². The zero-order chi connectivity index (χ0) is 15.6. The van der Waals surface area contributed by atoms with Crippen LogP contribution in [0.4, 0.5) is 11.5 Å². The van der Waals surface area contributed by atoms with Crippen LogP contribution in [0, 0.1) is 20.8 Å². The summed E-state index contributed by atoms with van der Waals surface area (Å²) in [6, 6.07) is 7.17. The molecule has 2 aromatic rings. The van der Waals surface area contributed by atoms with Crippen LogP contribution in [-0.2, 0) is 0 Å². The van der Waals surface area contributed by atoms with E-state index in [1.54, 1.807) is 12.1 Å². The quantitative estimate of drug-likeness (QED) is 0.587. The number of carbonyl (C=O) groups excluding carboxylic acids is 1. The lowest BCUT2D eigenvalue weighted by Gasteiger charge is -2.11. The second-order valence-electron chi connectivity index (χ2n) is 4.90. The Hall–Kier alpha value is -1.92. The number of hydrogen-bond acceptors (Lipinski definition) is 4. The molecule has 0 unspecified atom stereocenters. The molecule has 1 aromatic heterocycles. The standard InChI is InChI=1S/C15H17BrN4O/c1-8-4-12(5-9(2)14(8)16)19-15(21)11-6-10(3)18-13(7-11)20-17/h4-7H,17H2,1-3H3,(H,18,20)(H,19,21). The third-order valence-corrected chi connectivity index (χ3v) is 4.31. The molecule has 0 radical (unpaired) electrons. The zero-order valence-electron chi connectivity index (χ0n) is 12.1. The van der Waals surface area contributed by atoms with E-state index in [9.17, 15) is 4.79 Å². The Morgan fingerprint density at radius 1 is 1.14 bits per heavy atom. The van der Waals surface area contributed by atoms with E-state index in [1.807, 2.05) is 32.9 Å². The van der Waals surface area contributed by atoms with Gasteiger partial charge < -0.3 is 10.7 Å². The predicted molar refractivity (Wildman–Crippen MR) is 88.4 cm³/mol. The average Bonchev–Trinajstić information content (AvgIpc) is 2.43. The number of carbonyl (C=O) groups is 1. The molecule has 0 aliphatic heterocycles. The summed E-state index contributed by atoms with van der Waals surface area (Å²) in [7, 11) is 0. The second-order valence-corrected chi connectivity index (χ2v) is 5.70. The molecule has 0 fully saturated rings. The summed E-state index contributed by atoms with van der Waals surface area (Å²) in [6.07, 6.45) is 0. The smallest absolute Gasteiger partial charge is 0.255 e. The molecule has 1 aromatic carbocycles. The number of nitrogens with zero attached hydrogens (tertiary/aromatic N) is 1. The van der Waals surface area contributed by atoms with E-state index in [-0.39, 0.29) is 5.91 Å². The van der Waals surface area contributed by atoms with E-state index >= 15 is 0 Å². The molecule has 1 amide bonds. The molecule has 0 aliphatic carbocycles. The van der Waals surface area contributed by atoms with Crippen molar-refractivity contribution < 1.29 is 4.79 Å². The molecule has 0 bridgehead atoms. The van der Waals surface area contributed by atoms with Gasteiger partial charge in [0.2, 0.25) is 0 Å². The largest absolute Gasteiger partial charge is 0.322 e. The van der Waals surface area contributed by atoms with E-state index < -0.39 is 0 Å². The number of nitrogens with two attached hydrogens (primary N) is 1. The third-order valence-electron chi connectivity index (χ3n) is 3.06. The van der Waals surface area contributed by atoms with Gasteiger partial charge in [0.05, 0.1) is 0 Å². The predicted octanol–water partition coefficient (Wildman–Crippen LogP) is 3.31. The lowest BCUT2D eigenvalue weighted by atomic mass is 10.1. The van der Waals surface area contributed by atoms with Crippen LogP contribution >= 0.6 is 15.9 Å². The van der Waals surface area contributed by atoms with Crippen LogP contribution in [0.5, 0.6) is 0 Å². The van der Waals surface area contributed by atoms with Gasteiger partial charge in [-0.05, 0) is 56.2 Å². The Bertz CT molecular complexity index is 677. The number of anilines is 2. The summed E-state index contributed by atoms with van der Waals surface area (Å²) in [5, 5.41) is 2.89. The maximum Gasteiger partial charge on any atom is 0.255 e. The molecule has 21 heavy (non-hydrogen) atoms. The topological polar surface area (TPSA) is 80.0 Å². The summed E-state index contributed by atoms with van der Waals surface area (Å²) < 4.78 is 1.05. The van der Waals surface area contributed by atoms with Gasteiger partial charge in [0.25, 0.3) is 5.91 Å². The van der Waals surface area contributed by atoms with Crippen LogP contribution in [0.3, 0.4) is 0 Å². The minimum absolute atomic E-state index is 0.196. The van der Waals surface area contributed by atoms with Crippen LogP contribution in [-0.4, -0.2) is 10.9 Å². The Morgan fingerprint density at radius 2 is 1.76 bits per heavy atom. The molecule has 5 nitrogen and oxygen atoms in total. The molecular weight excluding hydrogens is 332 g/mol. The van der Waals surface area contributed by atoms with Crippen molar-refractivity contribution in [3.05, 3.63) is 51.1 Å². The Kier molecular flexibility index (Phi) is 4.59. The van der Waals surface area contributed by atoms with Gasteiger partial charge in [-0.3, -0.25) is 4.79 Å². The number of amides is 1. The van der Waals surface area contributed by atoms with Crippen molar-refractivity contribution in [1.29, 1.82) is 0 Å². The van der Waals surface area contributed by atoms with Crippen molar-refractivity contribution in [1.82, 2.24) is 4.98 Å². The van der Waals surface area contributed by atoms with E-state index in [2.05, 4.69) is 31.7 Å². The van der Waals surface area contributed by atoms with Crippen molar-refractivity contribution in [3.63, 3.8) is 0 Å². The maximum atomic E-state index is 12.3. The zero-order valence-corrected chi connectivity index (χ0v) is 13.7. The van der Waals surface area contributed by atoms with Gasteiger partial charge in [0, 0.05) is 21.4 Å². The molecule has 0 atom stereocenters. The van der Waals surface area contributed by atoms with Gasteiger partial charge in [-0.2, -0.15) is 0 Å². The monoisotopic (exact) mass is 348 g/mol. The van der Waals surface area contributed by atoms with Gasteiger partial charge in [0.15, 0.2) is 0 Å². The molecular formula is C15H17BrN4O. The van der Waals surface area contributed by atoms with Gasteiger partial charge in [-0.25, -0.2) is 10.8 Å². The normalized spacial score (nSPS) is 10.3. The first-order chi connectivity index (χ1) is 9.90. The lowest BCUT2D eigenvalue weighted by Crippen LogP contribution is -2.15. The van der Waals surface area contributed by atoms with E-state index in [4.69, 9.17) is 5.84 Å². The van der Waals surface area contributed by atoms with Crippen molar-refractivity contribution in [3.8, 4) is 0 Å². The highest BCUT2D eigenvalue weighted by Crippen LogP contribution is 2.25. The van der Waals surface area contributed by atoms with Gasteiger partial charge in [0.1, 0.15) is 5.82 Å². The number of halogens is 1. The number of benzene rings is 1. The summed E-state index contributed by atoms with van der Waals surface area (Å²) in [5.41, 5.74) is 6.58. The van der Waals surface area contributed by atoms with Crippen LogP contribution in [0.15, 0.2) is 28.7 Å². The SMILES string of the molecule is Cc1cc(C(=O)Nc2cc(C)c(Br)c(C)c2)cc(NN)n1. The fourth-order valence-corrected chi connectivity index (χ4v) is 2.32. The molecule has 0 spiro atoms. The molecule has 0 saturated heterocycles. The number of rotatable bonds is 3. The van der Waals surface area contributed by atoms with Crippen molar-refractivity contribution >= 4 is 33.3 Å². The minimum atomic E-state index is -0.196. The summed E-state index contributed by atoms with van der Waals surface area (Å²) in [5.74, 6) is 5.61. The molecule has 2 rings (SSSR count). The van der Waals surface area contributed by atoms with E-state index in [0.29, 0.717) is 11.4 Å². The molecule has 6 heteroatoms. The highest BCUT2D eigenvalue weighted by atomic mass is 79.9. The number of nitrogens with one attached hydrogen (secondary N) is 2. The Morgan fingerprint density at radius 3 is 2.33 bits per heavy atom. The fraction of sp³-hybridized carbons (Fsp3) is 0.200. The number of nitrogen functional groups attached to an aromatic ring is 1. The Labute approximate surface area is 132 Å². The fourth-order valence-electron chi connectivity index (χ4n) is 2.09. The molecule has 4 N–H and O–H groups in total. The molecule has 0 aliphatic rings. The number of aromatic nitrogens is 1. The van der Waals surface area contributed by atoms with Gasteiger partial charge >= 0.3 is 0 Å². The minimum Gasteiger partial charge on any atom is -0.322 e. The van der Waals surface area contributed by atoms with E-state index in [0.717, 1.165) is 27.0 Å². The van der Waals surface area contributed by atoms with Crippen molar-refractivity contribution in [2.45, 2.75) is 20.8 Å². The first kappa shape index (κ1) is 15.5. The van der Waals surface area contributed by atoms with E-state index in [1.165, 1.54) is 0 Å². The highest BCUT2D eigenvalue weighted by Gasteiger charge is 2.10. The number of aryl methyl sites for hydroxylation is 3. The lowest BCUT2D eigenvalue weighted by molar-refractivity contribution is 0.102. The molecule has 110 valence electrons. The second kappa shape index (κ2) is 6.24. The van der Waals surface area contributed by atoms with Crippen LogP contribution < -0.4 is 16.6 Å². The van der Waals surface area contributed by atoms with Crippen molar-refractivity contribution in [2.75, 3.05) is 10.7 Å². The van der Waals surface area contributed by atoms with Crippen LogP contribution in [0.25, 0.3) is 0 Å². The number of hydrogen-bond donors (Lipinski definition) is 3. The van der Waals surface area contributed by atoms with Crippen LogP contribution in [0.2, 0.25) is 0 Å². The first-order valence-electron chi connectivity index (χ1n) is 6.44. The van der Waals surface area contributed by atoms with Crippen LogP contribution in [0.1, 0.15) is 27.2 Å². The number of pyridine rings is 1. The average molecular weight is 349 g/mol. The molecule has 0 saturated carbocycles. The van der Waals surface area contributed by atoms with Crippen molar-refractivity contribution in [2.24, 2.45) is 5.84 Å². The van der Waals surface area contributed by atoms with Gasteiger partial charge in [-0.15, -0.1) is 0 Å².